The molecule has 0 amide bonds. The Hall–Kier alpha value is -1.16. The zero-order chi connectivity index (χ0) is 11.5. The van der Waals surface area contributed by atoms with Gasteiger partial charge in [-0.3, -0.25) is 0 Å². The summed E-state index contributed by atoms with van der Waals surface area (Å²) in [5, 5.41) is 2.77. The van der Waals surface area contributed by atoms with E-state index >= 15 is 0 Å². The minimum absolute atomic E-state index is 0.0500. The van der Waals surface area contributed by atoms with Gasteiger partial charge < -0.3 is 10.1 Å². The zero-order valence-corrected chi connectivity index (χ0v) is 9.17. The van der Waals surface area contributed by atoms with Crippen molar-refractivity contribution in [2.45, 2.75) is 32.0 Å². The van der Waals surface area contributed by atoms with Crippen LogP contribution in [0.5, 0.6) is 0 Å². The van der Waals surface area contributed by atoms with E-state index < -0.39 is 11.6 Å². The van der Waals surface area contributed by atoms with Crippen LogP contribution in [0.3, 0.4) is 0 Å². The summed E-state index contributed by atoms with van der Waals surface area (Å²) in [7, 11) is 0. The molecule has 0 aromatic heterocycles. The van der Waals surface area contributed by atoms with Gasteiger partial charge in [-0.2, -0.15) is 0 Å². The van der Waals surface area contributed by atoms with Crippen molar-refractivity contribution < 1.29 is 13.5 Å². The molecular weight excluding hydrogens is 212 g/mol. The number of halogens is 2. The normalized spacial score (nSPS) is 24.7. The van der Waals surface area contributed by atoms with Gasteiger partial charge in [0.2, 0.25) is 0 Å². The van der Waals surface area contributed by atoms with Gasteiger partial charge in [0, 0.05) is 6.54 Å². The molecule has 4 heteroatoms. The van der Waals surface area contributed by atoms with Gasteiger partial charge in [0.05, 0.1) is 12.2 Å². The highest BCUT2D eigenvalue weighted by Gasteiger charge is 2.22. The van der Waals surface area contributed by atoms with E-state index in [2.05, 4.69) is 5.32 Å². The lowest BCUT2D eigenvalue weighted by molar-refractivity contribution is 0.0636. The maximum Gasteiger partial charge on any atom is 0.149 e. The molecule has 1 heterocycles. The van der Waals surface area contributed by atoms with Gasteiger partial charge in [0.25, 0.3) is 0 Å². The number of nitrogens with one attached hydrogen (secondary N) is 1. The Balaban J connectivity index is 1.94. The Kier molecular flexibility index (Phi) is 3.39. The van der Waals surface area contributed by atoms with Crippen molar-refractivity contribution in [2.24, 2.45) is 0 Å². The van der Waals surface area contributed by atoms with Crippen molar-refractivity contribution in [1.82, 2.24) is 0 Å². The first kappa shape index (κ1) is 11.3. The Morgan fingerprint density at radius 3 is 2.56 bits per heavy atom. The molecule has 88 valence electrons. The molecule has 1 N–H and O–H groups in total. The van der Waals surface area contributed by atoms with Crippen molar-refractivity contribution in [1.29, 1.82) is 0 Å². The van der Waals surface area contributed by atoms with Crippen LogP contribution in [0.2, 0.25) is 0 Å². The predicted octanol–water partition coefficient (Wildman–Crippen LogP) is 2.94. The van der Waals surface area contributed by atoms with Crippen LogP contribution in [0.25, 0.3) is 0 Å². The van der Waals surface area contributed by atoms with Crippen molar-refractivity contribution in [3.8, 4) is 0 Å². The third kappa shape index (κ3) is 2.50. The first-order valence-corrected chi connectivity index (χ1v) is 5.50. The molecule has 0 saturated carbocycles. The van der Waals surface area contributed by atoms with Crippen LogP contribution in [-0.4, -0.2) is 18.8 Å². The first-order valence-electron chi connectivity index (χ1n) is 5.50. The van der Waals surface area contributed by atoms with Crippen LogP contribution in [0.1, 0.15) is 19.8 Å². The fourth-order valence-electron chi connectivity index (χ4n) is 1.92. The van der Waals surface area contributed by atoms with Crippen molar-refractivity contribution in [3.63, 3.8) is 0 Å². The average molecular weight is 227 g/mol. The maximum absolute atomic E-state index is 13.3. The highest BCUT2D eigenvalue weighted by Crippen LogP contribution is 2.22. The molecule has 1 aromatic rings. The van der Waals surface area contributed by atoms with Crippen molar-refractivity contribution in [2.75, 3.05) is 11.9 Å². The first-order chi connectivity index (χ1) is 7.66. The smallest absolute Gasteiger partial charge is 0.149 e. The number of para-hydroxylation sites is 1. The molecule has 0 radical (unpaired) electrons. The van der Waals surface area contributed by atoms with Crippen molar-refractivity contribution >= 4 is 5.69 Å². The fraction of sp³-hybridized carbons (Fsp3) is 0.500. The molecule has 0 aliphatic carbocycles. The van der Waals surface area contributed by atoms with Crippen LogP contribution >= 0.6 is 0 Å². The molecule has 1 aliphatic heterocycles. The molecule has 2 nitrogen and oxygen atoms in total. The zero-order valence-electron chi connectivity index (χ0n) is 9.17. The minimum Gasteiger partial charge on any atom is -0.378 e. The van der Waals surface area contributed by atoms with Crippen LogP contribution in [0.15, 0.2) is 18.2 Å². The summed E-state index contributed by atoms with van der Waals surface area (Å²) in [4.78, 5) is 0. The third-order valence-corrected chi connectivity index (χ3v) is 2.79. The van der Waals surface area contributed by atoms with Crippen LogP contribution in [0, 0.1) is 11.6 Å². The van der Waals surface area contributed by atoms with Gasteiger partial charge in [-0.15, -0.1) is 0 Å². The number of hydrogen-bond donors (Lipinski definition) is 1. The van der Waals surface area contributed by atoms with Gasteiger partial charge in [-0.1, -0.05) is 6.07 Å². The SMILES string of the molecule is CC1CCC(CNc2c(F)cccc2F)O1. The summed E-state index contributed by atoms with van der Waals surface area (Å²) in [6, 6.07) is 3.83. The van der Waals surface area contributed by atoms with E-state index in [-0.39, 0.29) is 17.9 Å². The lowest BCUT2D eigenvalue weighted by Crippen LogP contribution is -2.20. The predicted molar refractivity (Wildman–Crippen MR) is 58.4 cm³/mol. The lowest BCUT2D eigenvalue weighted by Gasteiger charge is -2.14. The largest absolute Gasteiger partial charge is 0.378 e. The monoisotopic (exact) mass is 227 g/mol. The molecule has 2 unspecified atom stereocenters. The second-order valence-corrected chi connectivity index (χ2v) is 4.12. The van der Waals surface area contributed by atoms with Crippen LogP contribution in [0.4, 0.5) is 14.5 Å². The van der Waals surface area contributed by atoms with Gasteiger partial charge in [-0.05, 0) is 31.9 Å². The molecule has 1 fully saturated rings. The second kappa shape index (κ2) is 4.78. The van der Waals surface area contributed by atoms with E-state index in [0.29, 0.717) is 6.54 Å². The summed E-state index contributed by atoms with van der Waals surface area (Å²) >= 11 is 0. The molecule has 2 rings (SSSR count). The van der Waals surface area contributed by atoms with E-state index in [1.54, 1.807) is 0 Å². The summed E-state index contributed by atoms with van der Waals surface area (Å²) in [5.74, 6) is -1.13. The Labute approximate surface area is 93.6 Å². The number of anilines is 1. The molecule has 2 atom stereocenters. The molecule has 1 saturated heterocycles. The second-order valence-electron chi connectivity index (χ2n) is 4.12. The van der Waals surface area contributed by atoms with Crippen LogP contribution in [-0.2, 0) is 4.74 Å². The van der Waals surface area contributed by atoms with E-state index in [9.17, 15) is 8.78 Å². The van der Waals surface area contributed by atoms with Gasteiger partial charge >= 0.3 is 0 Å². The quantitative estimate of drug-likeness (QED) is 0.857. The van der Waals surface area contributed by atoms with Crippen molar-refractivity contribution in [3.05, 3.63) is 29.8 Å². The molecule has 1 aliphatic rings. The number of rotatable bonds is 3. The highest BCUT2D eigenvalue weighted by atomic mass is 19.1. The molecule has 0 bridgehead atoms. The van der Waals surface area contributed by atoms with E-state index in [0.717, 1.165) is 12.8 Å². The van der Waals surface area contributed by atoms with Gasteiger partial charge in [0.1, 0.15) is 17.3 Å². The highest BCUT2D eigenvalue weighted by molar-refractivity contribution is 5.46. The van der Waals surface area contributed by atoms with Gasteiger partial charge in [-0.25, -0.2) is 8.78 Å². The number of ether oxygens (including phenoxy) is 1. The average Bonchev–Trinajstić information content (AvgIpc) is 2.63. The third-order valence-electron chi connectivity index (χ3n) is 2.79. The van der Waals surface area contributed by atoms with Gasteiger partial charge in [0.15, 0.2) is 0 Å². The number of hydrogen-bond acceptors (Lipinski definition) is 2. The lowest BCUT2D eigenvalue weighted by atomic mass is 10.2. The minimum atomic E-state index is -0.564. The summed E-state index contributed by atoms with van der Waals surface area (Å²) in [6.45, 7) is 2.45. The molecular formula is C12H15F2NO. The molecule has 1 aromatic carbocycles. The van der Waals surface area contributed by atoms with E-state index in [4.69, 9.17) is 4.74 Å². The Morgan fingerprint density at radius 1 is 1.31 bits per heavy atom. The number of benzene rings is 1. The maximum atomic E-state index is 13.3. The standard InChI is InChI=1S/C12H15F2NO/c1-8-5-6-9(16-8)7-15-12-10(13)3-2-4-11(12)14/h2-4,8-9,15H,5-7H2,1H3. The summed E-state index contributed by atoms with van der Waals surface area (Å²) in [5.41, 5.74) is -0.0642. The molecule has 0 spiro atoms. The fourth-order valence-corrected chi connectivity index (χ4v) is 1.92. The summed E-state index contributed by atoms with van der Waals surface area (Å²) in [6.07, 6.45) is 2.24. The molecule has 16 heavy (non-hydrogen) atoms. The topological polar surface area (TPSA) is 21.3 Å². The van der Waals surface area contributed by atoms with E-state index in [1.165, 1.54) is 18.2 Å². The van der Waals surface area contributed by atoms with Crippen LogP contribution < -0.4 is 5.32 Å². The summed E-state index contributed by atoms with van der Waals surface area (Å²) < 4.78 is 32.1. The Morgan fingerprint density at radius 2 is 2.00 bits per heavy atom. The van der Waals surface area contributed by atoms with E-state index in [1.807, 2.05) is 6.92 Å². The Bertz CT molecular complexity index is 350.